The molecule has 4 nitrogen and oxygen atoms in total. The van der Waals surface area contributed by atoms with Gasteiger partial charge in [0.1, 0.15) is 0 Å². The number of hydrogen-bond donors (Lipinski definition) is 1. The summed E-state index contributed by atoms with van der Waals surface area (Å²) in [5.41, 5.74) is 1.87. The van der Waals surface area contributed by atoms with Crippen molar-refractivity contribution < 1.29 is 17.6 Å². The predicted molar refractivity (Wildman–Crippen MR) is 92.6 cm³/mol. The molecular weight excluding hydrogens is 363 g/mol. The zero-order valence-corrected chi connectivity index (χ0v) is 14.1. The molecule has 0 radical (unpaired) electrons. The lowest BCUT2D eigenvalue weighted by Crippen LogP contribution is -2.04. The Morgan fingerprint density at radius 3 is 2.54 bits per heavy atom. The van der Waals surface area contributed by atoms with Crippen molar-refractivity contribution in [3.63, 3.8) is 0 Å². The quantitative estimate of drug-likeness (QED) is 0.477. The topological polar surface area (TPSA) is 54.7 Å². The third-order valence-corrected chi connectivity index (χ3v) is 4.76. The van der Waals surface area contributed by atoms with Crippen LogP contribution in [0.1, 0.15) is 11.1 Å². The first kappa shape index (κ1) is 16.7. The molecule has 2 heterocycles. The molecule has 2 aromatic heterocycles. The molecule has 0 saturated carbocycles. The summed E-state index contributed by atoms with van der Waals surface area (Å²) in [5, 5.41) is 9.41. The molecule has 1 N–H and O–H groups in total. The smallest absolute Gasteiger partial charge is 0.411 e. The molecule has 26 heavy (non-hydrogen) atoms. The van der Waals surface area contributed by atoms with Crippen molar-refractivity contribution in [2.45, 2.75) is 17.2 Å². The highest BCUT2D eigenvalue weighted by Gasteiger charge is 2.29. The van der Waals surface area contributed by atoms with Gasteiger partial charge in [0.2, 0.25) is 0 Å². The Bertz CT molecular complexity index is 1040. The van der Waals surface area contributed by atoms with Crippen LogP contribution < -0.4 is 0 Å². The zero-order chi connectivity index (χ0) is 18.1. The van der Waals surface area contributed by atoms with Gasteiger partial charge in [-0.05, 0) is 23.8 Å². The number of halogens is 3. The van der Waals surface area contributed by atoms with Crippen molar-refractivity contribution in [2.24, 2.45) is 0 Å². The molecule has 4 aromatic rings. The number of H-pyrrole nitrogens is 1. The van der Waals surface area contributed by atoms with Crippen LogP contribution in [0.3, 0.4) is 0 Å². The van der Waals surface area contributed by atoms with Gasteiger partial charge in [-0.3, -0.25) is 0 Å². The largest absolute Gasteiger partial charge is 0.416 e. The monoisotopic (exact) mass is 375 g/mol. The Balaban J connectivity index is 1.47. The first-order valence-electron chi connectivity index (χ1n) is 7.69. The van der Waals surface area contributed by atoms with Crippen LogP contribution in [0, 0.1) is 0 Å². The number of hydrogen-bond acceptors (Lipinski definition) is 4. The van der Waals surface area contributed by atoms with Crippen molar-refractivity contribution in [2.75, 3.05) is 0 Å². The van der Waals surface area contributed by atoms with Gasteiger partial charge < -0.3 is 9.40 Å². The maximum Gasteiger partial charge on any atom is 0.416 e. The van der Waals surface area contributed by atoms with Gasteiger partial charge in [-0.1, -0.05) is 42.1 Å². The third-order valence-electron chi connectivity index (χ3n) is 3.87. The van der Waals surface area contributed by atoms with E-state index in [2.05, 4.69) is 15.2 Å². The van der Waals surface area contributed by atoms with Gasteiger partial charge in [0.25, 0.3) is 11.1 Å². The van der Waals surface area contributed by atoms with Crippen LogP contribution in [0.25, 0.3) is 22.4 Å². The highest BCUT2D eigenvalue weighted by molar-refractivity contribution is 7.98. The minimum Gasteiger partial charge on any atom is -0.411 e. The highest BCUT2D eigenvalue weighted by Crippen LogP contribution is 2.32. The number of benzene rings is 2. The second kappa shape index (κ2) is 6.53. The molecule has 0 aliphatic rings. The number of rotatable bonds is 4. The fraction of sp³-hybridized carbons (Fsp3) is 0.111. The van der Waals surface area contributed by atoms with Gasteiger partial charge in [0, 0.05) is 22.9 Å². The van der Waals surface area contributed by atoms with Crippen molar-refractivity contribution in [1.82, 2.24) is 15.2 Å². The lowest BCUT2D eigenvalue weighted by molar-refractivity contribution is -0.137. The lowest BCUT2D eigenvalue weighted by Gasteiger charge is -2.06. The maximum absolute atomic E-state index is 12.6. The van der Waals surface area contributed by atoms with E-state index in [9.17, 15) is 13.2 Å². The summed E-state index contributed by atoms with van der Waals surface area (Å²) in [6, 6.07) is 12.8. The van der Waals surface area contributed by atoms with Crippen molar-refractivity contribution in [1.29, 1.82) is 0 Å². The van der Waals surface area contributed by atoms with Gasteiger partial charge >= 0.3 is 6.18 Å². The van der Waals surface area contributed by atoms with Crippen molar-refractivity contribution in [3.05, 3.63) is 65.9 Å². The number of aromatic amines is 1. The summed E-state index contributed by atoms with van der Waals surface area (Å²) in [6.07, 6.45) is -2.52. The van der Waals surface area contributed by atoms with E-state index in [0.717, 1.165) is 34.2 Å². The van der Waals surface area contributed by atoms with E-state index in [-0.39, 0.29) is 0 Å². The lowest BCUT2D eigenvalue weighted by atomic mass is 10.1. The SMILES string of the molecule is FC(F)(F)c1ccc(CSc2nnc(-c3c[nH]c4ccccc34)o2)cc1. The Morgan fingerprint density at radius 2 is 1.77 bits per heavy atom. The second-order valence-corrected chi connectivity index (χ2v) is 6.53. The van der Waals surface area contributed by atoms with Crippen LogP contribution >= 0.6 is 11.8 Å². The standard InChI is InChI=1S/C18H12F3N3OS/c19-18(20,21)12-7-5-11(6-8-12)10-26-17-24-23-16(25-17)14-9-22-15-4-2-1-3-13(14)15/h1-9,22H,10H2. The zero-order valence-electron chi connectivity index (χ0n) is 13.2. The summed E-state index contributed by atoms with van der Waals surface area (Å²) in [4.78, 5) is 3.14. The number of fused-ring (bicyclic) bond motifs is 1. The van der Waals surface area contributed by atoms with Gasteiger partial charge in [-0.2, -0.15) is 13.2 Å². The number of nitrogens with one attached hydrogen (secondary N) is 1. The van der Waals surface area contributed by atoms with E-state index in [0.29, 0.717) is 16.9 Å². The number of alkyl halides is 3. The molecule has 0 bridgehead atoms. The molecule has 0 fully saturated rings. The van der Waals surface area contributed by atoms with E-state index < -0.39 is 11.7 Å². The molecule has 0 spiro atoms. The molecule has 8 heteroatoms. The molecule has 4 rings (SSSR count). The molecule has 2 aromatic carbocycles. The van der Waals surface area contributed by atoms with Crippen LogP contribution in [-0.2, 0) is 11.9 Å². The Labute approximate surface area is 150 Å². The average Bonchev–Trinajstić information content (AvgIpc) is 3.26. The molecule has 0 aliphatic heterocycles. The number of nitrogens with zero attached hydrogens (tertiary/aromatic N) is 2. The molecule has 0 aliphatic carbocycles. The molecule has 0 amide bonds. The van der Waals surface area contributed by atoms with Gasteiger partial charge in [0.05, 0.1) is 11.1 Å². The van der Waals surface area contributed by atoms with Crippen LogP contribution in [0.2, 0.25) is 0 Å². The molecular formula is C18H12F3N3OS. The predicted octanol–water partition coefficient (Wildman–Crippen LogP) is 5.53. The molecule has 0 unspecified atom stereocenters. The Morgan fingerprint density at radius 1 is 1.00 bits per heavy atom. The highest BCUT2D eigenvalue weighted by atomic mass is 32.2. The minimum absolute atomic E-state index is 0.366. The summed E-state index contributed by atoms with van der Waals surface area (Å²) < 4.78 is 43.4. The number of aromatic nitrogens is 3. The van der Waals surface area contributed by atoms with E-state index >= 15 is 0 Å². The average molecular weight is 375 g/mol. The fourth-order valence-electron chi connectivity index (χ4n) is 2.56. The van der Waals surface area contributed by atoms with Crippen LogP contribution in [0.5, 0.6) is 0 Å². The first-order valence-corrected chi connectivity index (χ1v) is 8.68. The molecule has 132 valence electrons. The molecule has 0 atom stereocenters. The normalized spacial score (nSPS) is 12.0. The van der Waals surface area contributed by atoms with E-state index in [1.54, 1.807) is 0 Å². The van der Waals surface area contributed by atoms with E-state index in [1.807, 2.05) is 30.5 Å². The van der Waals surface area contributed by atoms with E-state index in [1.165, 1.54) is 23.9 Å². The Kier molecular flexibility index (Phi) is 4.20. The maximum atomic E-state index is 12.6. The van der Waals surface area contributed by atoms with Crippen LogP contribution in [0.15, 0.2) is 64.4 Å². The Hall–Kier alpha value is -2.74. The summed E-state index contributed by atoms with van der Waals surface area (Å²) in [7, 11) is 0. The van der Waals surface area contributed by atoms with Gasteiger partial charge in [-0.15, -0.1) is 10.2 Å². The summed E-state index contributed by atoms with van der Waals surface area (Å²) in [6.45, 7) is 0. The summed E-state index contributed by atoms with van der Waals surface area (Å²) >= 11 is 1.28. The van der Waals surface area contributed by atoms with Crippen molar-refractivity contribution in [3.8, 4) is 11.5 Å². The minimum atomic E-state index is -4.33. The molecule has 0 saturated heterocycles. The number of thioether (sulfide) groups is 1. The van der Waals surface area contributed by atoms with E-state index in [4.69, 9.17) is 4.42 Å². The van der Waals surface area contributed by atoms with Gasteiger partial charge in [-0.25, -0.2) is 0 Å². The summed E-state index contributed by atoms with van der Waals surface area (Å²) in [5.74, 6) is 0.838. The van der Waals surface area contributed by atoms with Crippen LogP contribution in [0.4, 0.5) is 13.2 Å². The van der Waals surface area contributed by atoms with Crippen molar-refractivity contribution >= 4 is 22.7 Å². The fourth-order valence-corrected chi connectivity index (χ4v) is 3.28. The third kappa shape index (κ3) is 3.32. The first-order chi connectivity index (χ1) is 12.5. The number of para-hydroxylation sites is 1. The van der Waals surface area contributed by atoms with Gasteiger partial charge in [0.15, 0.2) is 0 Å². The van der Waals surface area contributed by atoms with Crippen LogP contribution in [-0.4, -0.2) is 15.2 Å². The second-order valence-electron chi connectivity index (χ2n) is 5.60.